The van der Waals surface area contributed by atoms with E-state index < -0.39 is 5.60 Å². The summed E-state index contributed by atoms with van der Waals surface area (Å²) in [4.78, 5) is 0. The van der Waals surface area contributed by atoms with Crippen molar-refractivity contribution in [2.24, 2.45) is 0 Å². The number of rotatable bonds is 0. The van der Waals surface area contributed by atoms with Gasteiger partial charge in [0.15, 0.2) is 5.60 Å². The molecular weight excluding hydrogens is 282 g/mol. The predicted octanol–water partition coefficient (Wildman–Crippen LogP) is 5.09. The highest BCUT2D eigenvalue weighted by atomic mass is 16.5. The van der Waals surface area contributed by atoms with Crippen LogP contribution >= 0.6 is 0 Å². The molecule has 2 nitrogen and oxygen atoms in total. The van der Waals surface area contributed by atoms with Gasteiger partial charge in [-0.05, 0) is 24.3 Å². The largest absolute Gasteiger partial charge is 0.473 e. The molecule has 0 saturated carbocycles. The summed E-state index contributed by atoms with van der Waals surface area (Å²) >= 11 is 0. The van der Waals surface area contributed by atoms with Gasteiger partial charge >= 0.3 is 0 Å². The van der Waals surface area contributed by atoms with Gasteiger partial charge in [-0.25, -0.2) is 0 Å². The third-order valence-corrected chi connectivity index (χ3v) is 4.61. The lowest BCUT2D eigenvalue weighted by molar-refractivity contribution is 0.161. The first-order valence-corrected chi connectivity index (χ1v) is 7.80. The number of anilines is 2. The zero-order valence-corrected chi connectivity index (χ0v) is 12.5. The summed E-state index contributed by atoms with van der Waals surface area (Å²) in [5.74, 6) is 0.918. The van der Waals surface area contributed by atoms with Crippen LogP contribution in [-0.4, -0.2) is 0 Å². The molecule has 0 atom stereocenters. The van der Waals surface area contributed by atoms with Gasteiger partial charge in [0.25, 0.3) is 0 Å². The maximum Gasteiger partial charge on any atom is 0.182 e. The molecule has 0 aliphatic carbocycles. The molecule has 3 aromatic rings. The first-order valence-electron chi connectivity index (χ1n) is 7.80. The van der Waals surface area contributed by atoms with Gasteiger partial charge < -0.3 is 10.1 Å². The van der Waals surface area contributed by atoms with Crippen LogP contribution in [0, 0.1) is 0 Å². The van der Waals surface area contributed by atoms with Crippen LogP contribution in [0.4, 0.5) is 11.4 Å². The molecule has 0 amide bonds. The van der Waals surface area contributed by atoms with Crippen molar-refractivity contribution in [2.45, 2.75) is 5.60 Å². The molecule has 2 heterocycles. The fourth-order valence-electron chi connectivity index (χ4n) is 3.54. The fourth-order valence-corrected chi connectivity index (χ4v) is 3.54. The average Bonchev–Trinajstić information content (AvgIpc) is 2.62. The highest BCUT2D eigenvalue weighted by Gasteiger charge is 2.42. The zero-order chi connectivity index (χ0) is 15.3. The number of nitrogens with one attached hydrogen (secondary N) is 1. The number of ether oxygens (including phenoxy) is 1. The van der Waals surface area contributed by atoms with Crippen molar-refractivity contribution in [2.75, 3.05) is 5.32 Å². The lowest BCUT2D eigenvalue weighted by atomic mass is 9.79. The highest BCUT2D eigenvalue weighted by Crippen LogP contribution is 2.49. The standard InChI is InChI=1S/C21H15NO/c1-6-12-20-15(7-1)13-14-21(23-20)16-8-2-4-10-18(16)22-19-11-5-3-9-17(19)21/h1-14,22H. The number of fused-ring (bicyclic) bond motifs is 5. The Morgan fingerprint density at radius 3 is 2.04 bits per heavy atom. The number of hydrogen-bond donors (Lipinski definition) is 1. The van der Waals surface area contributed by atoms with Crippen LogP contribution in [0.5, 0.6) is 5.75 Å². The average molecular weight is 297 g/mol. The van der Waals surface area contributed by atoms with Gasteiger partial charge in [-0.1, -0.05) is 60.7 Å². The Bertz CT molecular complexity index is 896. The second-order valence-electron chi connectivity index (χ2n) is 5.93. The lowest BCUT2D eigenvalue weighted by Crippen LogP contribution is -2.37. The molecule has 110 valence electrons. The van der Waals surface area contributed by atoms with Crippen LogP contribution in [-0.2, 0) is 5.60 Å². The minimum atomic E-state index is -0.577. The molecular formula is C21H15NO. The van der Waals surface area contributed by atoms with Gasteiger partial charge in [0.1, 0.15) is 5.75 Å². The van der Waals surface area contributed by atoms with Gasteiger partial charge in [-0.15, -0.1) is 0 Å². The van der Waals surface area contributed by atoms with Crippen molar-refractivity contribution in [1.82, 2.24) is 0 Å². The summed E-state index contributed by atoms with van der Waals surface area (Å²) in [5, 5.41) is 3.52. The Balaban J connectivity index is 1.81. The fraction of sp³-hybridized carbons (Fsp3) is 0.0476. The van der Waals surface area contributed by atoms with Crippen LogP contribution in [0.1, 0.15) is 16.7 Å². The van der Waals surface area contributed by atoms with Gasteiger partial charge in [-0.2, -0.15) is 0 Å². The smallest absolute Gasteiger partial charge is 0.182 e. The molecule has 1 spiro atoms. The van der Waals surface area contributed by atoms with E-state index in [1.165, 1.54) is 0 Å². The molecule has 1 N–H and O–H groups in total. The van der Waals surface area contributed by atoms with E-state index in [0.717, 1.165) is 33.8 Å². The van der Waals surface area contributed by atoms with E-state index in [2.05, 4.69) is 59.9 Å². The first kappa shape index (κ1) is 12.5. The number of benzene rings is 3. The minimum Gasteiger partial charge on any atom is -0.473 e. The summed E-state index contributed by atoms with van der Waals surface area (Å²) in [7, 11) is 0. The Morgan fingerprint density at radius 2 is 1.30 bits per heavy atom. The molecule has 0 unspecified atom stereocenters. The van der Waals surface area contributed by atoms with Crippen molar-refractivity contribution in [3.8, 4) is 5.75 Å². The second kappa shape index (κ2) is 4.50. The van der Waals surface area contributed by atoms with E-state index in [1.807, 2.05) is 30.3 Å². The monoisotopic (exact) mass is 297 g/mol. The molecule has 0 radical (unpaired) electrons. The van der Waals surface area contributed by atoms with Crippen molar-refractivity contribution in [3.05, 3.63) is 95.6 Å². The molecule has 23 heavy (non-hydrogen) atoms. The van der Waals surface area contributed by atoms with E-state index in [9.17, 15) is 0 Å². The molecule has 0 bridgehead atoms. The molecule has 2 heteroatoms. The normalized spacial score (nSPS) is 15.8. The third kappa shape index (κ3) is 1.69. The Kier molecular flexibility index (Phi) is 2.45. The molecule has 0 saturated heterocycles. The van der Waals surface area contributed by atoms with E-state index >= 15 is 0 Å². The predicted molar refractivity (Wildman–Crippen MR) is 93.1 cm³/mol. The maximum atomic E-state index is 6.59. The van der Waals surface area contributed by atoms with Crippen LogP contribution in [0.15, 0.2) is 78.9 Å². The summed E-state index contributed by atoms with van der Waals surface area (Å²) in [6.45, 7) is 0. The molecule has 5 rings (SSSR count). The lowest BCUT2D eigenvalue weighted by Gasteiger charge is -2.41. The van der Waals surface area contributed by atoms with E-state index in [-0.39, 0.29) is 0 Å². The molecule has 2 aliphatic heterocycles. The number of hydrogen-bond acceptors (Lipinski definition) is 2. The van der Waals surface area contributed by atoms with Crippen LogP contribution in [0.25, 0.3) is 6.08 Å². The quantitative estimate of drug-likeness (QED) is 0.624. The Labute approximate surface area is 135 Å². The summed E-state index contributed by atoms with van der Waals surface area (Å²) < 4.78 is 6.59. The van der Waals surface area contributed by atoms with E-state index in [1.54, 1.807) is 0 Å². The van der Waals surface area contributed by atoms with Crippen molar-refractivity contribution in [3.63, 3.8) is 0 Å². The Morgan fingerprint density at radius 1 is 0.696 bits per heavy atom. The molecule has 0 aromatic heterocycles. The molecule has 3 aromatic carbocycles. The Hall–Kier alpha value is -3.00. The molecule has 0 fully saturated rings. The van der Waals surface area contributed by atoms with Gasteiger partial charge in [0.2, 0.25) is 0 Å². The summed E-state index contributed by atoms with van der Waals surface area (Å²) in [5.41, 5.74) is 5.01. The first-order chi connectivity index (χ1) is 11.4. The van der Waals surface area contributed by atoms with Gasteiger partial charge in [-0.3, -0.25) is 0 Å². The molecule has 2 aliphatic rings. The summed E-state index contributed by atoms with van der Waals surface area (Å²) in [6, 6.07) is 24.9. The second-order valence-corrected chi connectivity index (χ2v) is 5.93. The van der Waals surface area contributed by atoms with Gasteiger partial charge in [0.05, 0.1) is 0 Å². The van der Waals surface area contributed by atoms with Gasteiger partial charge in [0, 0.05) is 28.1 Å². The minimum absolute atomic E-state index is 0.577. The SMILES string of the molecule is C1=CC2(Oc3ccccc31)c1ccccc1Nc1ccccc12. The highest BCUT2D eigenvalue weighted by molar-refractivity contribution is 5.79. The zero-order valence-electron chi connectivity index (χ0n) is 12.5. The van der Waals surface area contributed by atoms with Crippen molar-refractivity contribution in [1.29, 1.82) is 0 Å². The van der Waals surface area contributed by atoms with E-state index in [4.69, 9.17) is 4.74 Å². The topological polar surface area (TPSA) is 21.3 Å². The number of para-hydroxylation sites is 3. The van der Waals surface area contributed by atoms with Crippen LogP contribution in [0.3, 0.4) is 0 Å². The third-order valence-electron chi connectivity index (χ3n) is 4.61. The van der Waals surface area contributed by atoms with Crippen molar-refractivity contribution < 1.29 is 4.74 Å². The van der Waals surface area contributed by atoms with E-state index in [0.29, 0.717) is 0 Å². The van der Waals surface area contributed by atoms with Crippen LogP contribution in [0.2, 0.25) is 0 Å². The summed E-state index contributed by atoms with van der Waals surface area (Å²) in [6.07, 6.45) is 4.34. The maximum absolute atomic E-state index is 6.59. The van der Waals surface area contributed by atoms with Crippen LogP contribution < -0.4 is 10.1 Å². The van der Waals surface area contributed by atoms with Crippen molar-refractivity contribution >= 4 is 17.5 Å².